The van der Waals surface area contributed by atoms with Crippen LogP contribution in [0.1, 0.15) is 49.5 Å². The number of nitrogens with zero attached hydrogens (tertiary/aromatic N) is 3. The van der Waals surface area contributed by atoms with Gasteiger partial charge in [0.05, 0.1) is 5.41 Å². The van der Waals surface area contributed by atoms with Crippen LogP contribution in [0, 0.1) is 5.41 Å². The molecule has 0 bridgehead atoms. The lowest BCUT2D eigenvalue weighted by Crippen LogP contribution is -2.34. The minimum Gasteiger partial charge on any atom is -0.462 e. The van der Waals surface area contributed by atoms with Gasteiger partial charge in [-0.05, 0) is 20.8 Å². The molecular formula is C20H24N4O6. The first-order chi connectivity index (χ1) is 14.2. The molecule has 1 aromatic heterocycles. The van der Waals surface area contributed by atoms with Crippen molar-refractivity contribution in [1.29, 1.82) is 0 Å². The van der Waals surface area contributed by atoms with Crippen LogP contribution in [0.15, 0.2) is 36.7 Å². The molecule has 0 aliphatic carbocycles. The average Bonchev–Trinajstić information content (AvgIpc) is 3.41. The van der Waals surface area contributed by atoms with Crippen LogP contribution in [0.5, 0.6) is 0 Å². The van der Waals surface area contributed by atoms with E-state index in [4.69, 9.17) is 24.7 Å². The number of hydrogen-bond donors (Lipinski definition) is 1. The van der Waals surface area contributed by atoms with Crippen molar-refractivity contribution in [3.05, 3.63) is 48.0 Å². The summed E-state index contributed by atoms with van der Waals surface area (Å²) in [6.07, 6.45) is -1.61. The van der Waals surface area contributed by atoms with Gasteiger partial charge < -0.3 is 24.7 Å². The fraction of sp³-hybridized carbons (Fsp3) is 0.500. The number of esters is 1. The lowest BCUT2D eigenvalue weighted by atomic mass is 9.97. The third-order valence-electron chi connectivity index (χ3n) is 4.90. The van der Waals surface area contributed by atoms with Crippen molar-refractivity contribution in [3.63, 3.8) is 0 Å². The molecule has 10 heteroatoms. The summed E-state index contributed by atoms with van der Waals surface area (Å²) in [5.41, 5.74) is 5.46. The monoisotopic (exact) mass is 416 g/mol. The first-order valence-electron chi connectivity index (χ1n) is 9.63. The highest BCUT2D eigenvalue weighted by Gasteiger charge is 2.54. The van der Waals surface area contributed by atoms with Gasteiger partial charge in [-0.25, -0.2) is 9.67 Å². The van der Waals surface area contributed by atoms with Gasteiger partial charge in [-0.2, -0.15) is 0 Å². The molecule has 2 unspecified atom stereocenters. The number of hydrogen-bond acceptors (Lipinski definition) is 8. The predicted octanol–water partition coefficient (Wildman–Crippen LogP) is 1.35. The zero-order valence-corrected chi connectivity index (χ0v) is 16.9. The van der Waals surface area contributed by atoms with Crippen LogP contribution in [0.3, 0.4) is 0 Å². The predicted molar refractivity (Wildman–Crippen MR) is 102 cm³/mol. The Kier molecular flexibility index (Phi) is 5.31. The molecule has 10 nitrogen and oxygen atoms in total. The van der Waals surface area contributed by atoms with E-state index in [1.54, 1.807) is 20.8 Å². The smallest absolute Gasteiger partial charge is 0.311 e. The highest BCUT2D eigenvalue weighted by atomic mass is 16.8. The SMILES string of the molecule is CC(C)(C)C(=O)OC[C@H]1O[C@@H](n2cnc(C(N)=O)n2)[C@@H]2OC(c3ccccc3)OC21. The molecule has 2 N–H and O–H groups in total. The number of nitrogens with two attached hydrogens (primary N) is 1. The molecule has 2 aromatic rings. The Labute approximate surface area is 173 Å². The molecule has 2 aliphatic heterocycles. The zero-order chi connectivity index (χ0) is 21.5. The van der Waals surface area contributed by atoms with Gasteiger partial charge in [-0.3, -0.25) is 9.59 Å². The molecule has 1 amide bonds. The maximum atomic E-state index is 12.2. The first kappa shape index (κ1) is 20.5. The molecule has 2 saturated heterocycles. The summed E-state index contributed by atoms with van der Waals surface area (Å²) in [7, 11) is 0. The first-order valence-corrected chi connectivity index (χ1v) is 9.63. The van der Waals surface area contributed by atoms with Crippen molar-refractivity contribution in [2.24, 2.45) is 11.1 Å². The van der Waals surface area contributed by atoms with E-state index in [0.717, 1.165) is 5.56 Å². The van der Waals surface area contributed by atoms with E-state index in [2.05, 4.69) is 10.1 Å². The van der Waals surface area contributed by atoms with Crippen LogP contribution in [0.25, 0.3) is 0 Å². The Bertz CT molecular complexity index is 925. The largest absolute Gasteiger partial charge is 0.462 e. The van der Waals surface area contributed by atoms with Crippen molar-refractivity contribution < 1.29 is 28.5 Å². The number of carbonyl (C=O) groups excluding carboxylic acids is 2. The van der Waals surface area contributed by atoms with Crippen molar-refractivity contribution in [3.8, 4) is 0 Å². The van der Waals surface area contributed by atoms with Crippen LogP contribution in [0.4, 0.5) is 0 Å². The van der Waals surface area contributed by atoms with E-state index in [1.807, 2.05) is 30.3 Å². The van der Waals surface area contributed by atoms with Gasteiger partial charge >= 0.3 is 5.97 Å². The molecule has 0 saturated carbocycles. The number of benzene rings is 1. The Morgan fingerprint density at radius 1 is 1.13 bits per heavy atom. The summed E-state index contributed by atoms with van der Waals surface area (Å²) in [5, 5.41) is 4.08. The van der Waals surface area contributed by atoms with Crippen molar-refractivity contribution in [1.82, 2.24) is 14.8 Å². The van der Waals surface area contributed by atoms with Gasteiger partial charge in [-0.1, -0.05) is 30.3 Å². The Hall–Kier alpha value is -2.82. The van der Waals surface area contributed by atoms with Gasteiger partial charge in [0, 0.05) is 5.56 Å². The van der Waals surface area contributed by atoms with Crippen LogP contribution in [-0.4, -0.2) is 51.6 Å². The van der Waals surface area contributed by atoms with Crippen molar-refractivity contribution in [2.45, 2.75) is 51.6 Å². The fourth-order valence-corrected chi connectivity index (χ4v) is 3.33. The number of fused-ring (bicyclic) bond motifs is 1. The molecule has 0 spiro atoms. The van der Waals surface area contributed by atoms with Crippen molar-refractivity contribution >= 4 is 11.9 Å². The van der Waals surface area contributed by atoms with Gasteiger partial charge in [0.1, 0.15) is 31.2 Å². The number of carbonyl (C=O) groups is 2. The van der Waals surface area contributed by atoms with E-state index in [-0.39, 0.29) is 18.4 Å². The number of ether oxygens (including phenoxy) is 4. The third kappa shape index (κ3) is 3.93. The number of rotatable bonds is 5. The molecule has 3 heterocycles. The maximum absolute atomic E-state index is 12.2. The molecule has 0 radical (unpaired) electrons. The minimum absolute atomic E-state index is 0.00395. The van der Waals surface area contributed by atoms with E-state index >= 15 is 0 Å². The highest BCUT2D eigenvalue weighted by Crippen LogP contribution is 2.44. The highest BCUT2D eigenvalue weighted by molar-refractivity contribution is 5.88. The summed E-state index contributed by atoms with van der Waals surface area (Å²) in [5.74, 6) is -1.22. The summed E-state index contributed by atoms with van der Waals surface area (Å²) >= 11 is 0. The molecule has 5 atom stereocenters. The van der Waals surface area contributed by atoms with Gasteiger partial charge in [0.15, 0.2) is 12.5 Å². The third-order valence-corrected chi connectivity index (χ3v) is 4.90. The molecule has 4 rings (SSSR count). The summed E-state index contributed by atoms with van der Waals surface area (Å²) in [6.45, 7) is 5.32. The van der Waals surface area contributed by atoms with Crippen LogP contribution in [0.2, 0.25) is 0 Å². The quantitative estimate of drug-likeness (QED) is 0.724. The van der Waals surface area contributed by atoms with Crippen LogP contribution in [-0.2, 0) is 23.7 Å². The molecule has 2 fully saturated rings. The van der Waals surface area contributed by atoms with E-state index in [0.29, 0.717) is 0 Å². The second kappa shape index (κ2) is 7.78. The van der Waals surface area contributed by atoms with Gasteiger partial charge in [0.2, 0.25) is 5.82 Å². The maximum Gasteiger partial charge on any atom is 0.311 e. The van der Waals surface area contributed by atoms with Crippen LogP contribution >= 0.6 is 0 Å². The molecule has 1 aromatic carbocycles. The topological polar surface area (TPSA) is 128 Å². The van der Waals surface area contributed by atoms with Crippen molar-refractivity contribution in [2.75, 3.05) is 6.61 Å². The van der Waals surface area contributed by atoms with Gasteiger partial charge in [0.25, 0.3) is 5.91 Å². The standard InChI is InChI=1S/C20H24N4O6/c1-20(2,3)19(26)27-9-12-13-14(30-18(29-13)11-7-5-4-6-8-11)17(28-12)24-10-22-16(23-24)15(21)25/h4-8,10,12-14,17-18H,9H2,1-3H3,(H2,21,25)/t12-,13?,14-,17-,18?/m1/s1. The average molecular weight is 416 g/mol. The lowest BCUT2D eigenvalue weighted by Gasteiger charge is -2.22. The fourth-order valence-electron chi connectivity index (χ4n) is 3.33. The number of primary amides is 1. The summed E-state index contributed by atoms with van der Waals surface area (Å²) < 4.78 is 25.1. The second-order valence-corrected chi connectivity index (χ2v) is 8.27. The zero-order valence-electron chi connectivity index (χ0n) is 16.9. The molecule has 160 valence electrons. The lowest BCUT2D eigenvalue weighted by molar-refractivity contribution is -0.173. The summed E-state index contributed by atoms with van der Waals surface area (Å²) in [6, 6.07) is 9.49. The van der Waals surface area contributed by atoms with Gasteiger partial charge in [-0.15, -0.1) is 5.10 Å². The Balaban J connectivity index is 1.55. The normalized spacial score (nSPS) is 28.3. The van der Waals surface area contributed by atoms with E-state index in [1.165, 1.54) is 11.0 Å². The molecule has 2 aliphatic rings. The van der Waals surface area contributed by atoms with E-state index in [9.17, 15) is 9.59 Å². The summed E-state index contributed by atoms with van der Waals surface area (Å²) in [4.78, 5) is 27.5. The van der Waals surface area contributed by atoms with E-state index < -0.39 is 42.2 Å². The van der Waals surface area contributed by atoms with Crippen LogP contribution < -0.4 is 5.73 Å². The Morgan fingerprint density at radius 2 is 1.83 bits per heavy atom. The minimum atomic E-state index is -0.746. The second-order valence-electron chi connectivity index (χ2n) is 8.27. The Morgan fingerprint density at radius 3 is 2.47 bits per heavy atom. The molecular weight excluding hydrogens is 392 g/mol. The number of amides is 1. The number of aromatic nitrogens is 3. The molecule has 30 heavy (non-hydrogen) atoms.